The van der Waals surface area contributed by atoms with Crippen molar-refractivity contribution in [2.24, 2.45) is 0 Å². The van der Waals surface area contributed by atoms with Crippen LogP contribution in [0.15, 0.2) is 17.5 Å². The van der Waals surface area contributed by atoms with Crippen LogP contribution in [0.3, 0.4) is 0 Å². The van der Waals surface area contributed by atoms with E-state index in [0.717, 1.165) is 18.1 Å². The van der Waals surface area contributed by atoms with Crippen LogP contribution in [0, 0.1) is 6.92 Å². The predicted molar refractivity (Wildman–Crippen MR) is 81.1 cm³/mol. The molecule has 0 saturated carbocycles. The summed E-state index contributed by atoms with van der Waals surface area (Å²) < 4.78 is 1.88. The monoisotopic (exact) mass is 305 g/mol. The van der Waals surface area contributed by atoms with Crippen LogP contribution in [0.1, 0.15) is 35.9 Å². The van der Waals surface area contributed by atoms with E-state index in [1.54, 1.807) is 16.2 Å². The van der Waals surface area contributed by atoms with Crippen LogP contribution in [0.25, 0.3) is 0 Å². The summed E-state index contributed by atoms with van der Waals surface area (Å²) in [5.74, 6) is 1.62. The lowest BCUT2D eigenvalue weighted by Crippen LogP contribution is -2.45. The summed E-state index contributed by atoms with van der Waals surface area (Å²) in [5.41, 5.74) is 0. The molecule has 3 rings (SSSR count). The van der Waals surface area contributed by atoms with Crippen molar-refractivity contribution < 1.29 is 4.79 Å². The van der Waals surface area contributed by atoms with E-state index < -0.39 is 0 Å². The minimum atomic E-state index is -0.0258. The number of urea groups is 1. The van der Waals surface area contributed by atoms with E-state index in [1.807, 2.05) is 23.1 Å². The van der Waals surface area contributed by atoms with E-state index >= 15 is 0 Å². The van der Waals surface area contributed by atoms with Gasteiger partial charge in [0.25, 0.3) is 0 Å². The molecule has 0 unspecified atom stereocenters. The molecule has 2 aromatic rings. The molecule has 0 bridgehead atoms. The molecule has 0 aliphatic carbocycles. The molecular weight excluding hydrogens is 286 g/mol. The van der Waals surface area contributed by atoms with Gasteiger partial charge in [-0.25, -0.2) is 14.5 Å². The Morgan fingerprint density at radius 1 is 1.52 bits per heavy atom. The molecule has 2 amide bonds. The largest absolute Gasteiger partial charge is 0.330 e. The summed E-state index contributed by atoms with van der Waals surface area (Å²) in [6.07, 6.45) is 0.884. The second-order valence-corrected chi connectivity index (χ2v) is 6.12. The van der Waals surface area contributed by atoms with Crippen molar-refractivity contribution in [3.63, 3.8) is 0 Å². The van der Waals surface area contributed by atoms with Gasteiger partial charge in [0, 0.05) is 11.4 Å². The summed E-state index contributed by atoms with van der Waals surface area (Å²) in [7, 11) is 0. The maximum atomic E-state index is 12.4. The third-order valence-electron chi connectivity index (χ3n) is 3.65. The first-order chi connectivity index (χ1) is 10.2. The first-order valence-corrected chi connectivity index (χ1v) is 8.04. The molecule has 1 aliphatic heterocycles. The maximum Gasteiger partial charge on any atom is 0.318 e. The van der Waals surface area contributed by atoms with Crippen molar-refractivity contribution in [2.45, 2.75) is 39.4 Å². The summed E-state index contributed by atoms with van der Waals surface area (Å²) in [6.45, 7) is 5.86. The van der Waals surface area contributed by atoms with Gasteiger partial charge in [0.1, 0.15) is 11.6 Å². The number of rotatable bonds is 3. The molecule has 3 heterocycles. The Balaban J connectivity index is 1.66. The lowest BCUT2D eigenvalue weighted by molar-refractivity contribution is 0.176. The Bertz CT molecular complexity index is 621. The second kappa shape index (κ2) is 5.85. The number of hydrogen-bond acceptors (Lipinski definition) is 4. The van der Waals surface area contributed by atoms with Crippen LogP contribution >= 0.6 is 11.3 Å². The summed E-state index contributed by atoms with van der Waals surface area (Å²) in [6, 6.07) is 4.14. The van der Waals surface area contributed by atoms with Crippen molar-refractivity contribution in [3.8, 4) is 0 Å². The van der Waals surface area contributed by atoms with E-state index in [2.05, 4.69) is 28.4 Å². The smallest absolute Gasteiger partial charge is 0.318 e. The number of amides is 2. The number of fused-ring (bicyclic) bond motifs is 1. The van der Waals surface area contributed by atoms with Crippen LogP contribution < -0.4 is 5.32 Å². The number of aromatic nitrogens is 3. The molecule has 6 nitrogen and oxygen atoms in total. The zero-order valence-electron chi connectivity index (χ0n) is 12.2. The third-order valence-corrected chi connectivity index (χ3v) is 4.63. The zero-order valence-corrected chi connectivity index (χ0v) is 13.1. The van der Waals surface area contributed by atoms with Crippen LogP contribution in [0.5, 0.6) is 0 Å². The van der Waals surface area contributed by atoms with Crippen molar-refractivity contribution >= 4 is 17.4 Å². The second-order valence-electron chi connectivity index (χ2n) is 5.15. The summed E-state index contributed by atoms with van der Waals surface area (Å²) in [4.78, 5) is 19.8. The average Bonchev–Trinajstić information content (AvgIpc) is 3.11. The van der Waals surface area contributed by atoms with Gasteiger partial charge < -0.3 is 10.2 Å². The summed E-state index contributed by atoms with van der Waals surface area (Å²) >= 11 is 1.68. The fourth-order valence-electron chi connectivity index (χ4n) is 2.54. The minimum Gasteiger partial charge on any atom is -0.330 e. The van der Waals surface area contributed by atoms with Gasteiger partial charge in [-0.15, -0.1) is 11.3 Å². The van der Waals surface area contributed by atoms with Gasteiger partial charge in [-0.3, -0.25) is 0 Å². The highest BCUT2D eigenvalue weighted by molar-refractivity contribution is 7.10. The van der Waals surface area contributed by atoms with Crippen LogP contribution in [-0.4, -0.2) is 32.2 Å². The van der Waals surface area contributed by atoms with Crippen LogP contribution in [-0.2, 0) is 13.1 Å². The van der Waals surface area contributed by atoms with Gasteiger partial charge in [0.15, 0.2) is 0 Å². The van der Waals surface area contributed by atoms with Crippen molar-refractivity contribution in [3.05, 3.63) is 34.0 Å². The van der Waals surface area contributed by atoms with Crippen LogP contribution in [0.2, 0.25) is 0 Å². The molecule has 1 atom stereocenters. The van der Waals surface area contributed by atoms with Gasteiger partial charge in [0.05, 0.1) is 19.1 Å². The highest BCUT2D eigenvalue weighted by atomic mass is 32.1. The van der Waals surface area contributed by atoms with E-state index in [-0.39, 0.29) is 12.1 Å². The number of carbonyl (C=O) groups excluding carboxylic acids is 1. The van der Waals surface area contributed by atoms with Crippen LogP contribution in [0.4, 0.5) is 4.79 Å². The fourth-order valence-corrected chi connectivity index (χ4v) is 3.40. The molecule has 112 valence electrons. The number of carbonyl (C=O) groups is 1. The van der Waals surface area contributed by atoms with Crippen molar-refractivity contribution in [2.75, 3.05) is 6.54 Å². The predicted octanol–water partition coefficient (Wildman–Crippen LogP) is 2.32. The first kappa shape index (κ1) is 14.1. The molecule has 0 aromatic carbocycles. The Kier molecular flexibility index (Phi) is 3.92. The van der Waals surface area contributed by atoms with Gasteiger partial charge >= 0.3 is 6.03 Å². The van der Waals surface area contributed by atoms with E-state index in [9.17, 15) is 4.79 Å². The highest BCUT2D eigenvalue weighted by Crippen LogP contribution is 2.22. The molecule has 21 heavy (non-hydrogen) atoms. The Hall–Kier alpha value is -1.89. The van der Waals surface area contributed by atoms with E-state index in [1.165, 1.54) is 4.88 Å². The Morgan fingerprint density at radius 2 is 2.38 bits per heavy atom. The van der Waals surface area contributed by atoms with Crippen molar-refractivity contribution in [1.82, 2.24) is 25.0 Å². The molecule has 2 aromatic heterocycles. The first-order valence-electron chi connectivity index (χ1n) is 7.16. The lowest BCUT2D eigenvalue weighted by Gasteiger charge is -2.28. The fraction of sp³-hybridized carbons (Fsp3) is 0.500. The minimum absolute atomic E-state index is 0.0258. The van der Waals surface area contributed by atoms with Crippen molar-refractivity contribution in [1.29, 1.82) is 0 Å². The van der Waals surface area contributed by atoms with Gasteiger partial charge in [-0.1, -0.05) is 13.0 Å². The normalized spacial score (nSPS) is 15.6. The third kappa shape index (κ3) is 2.92. The standard InChI is InChI=1S/C14H19N5OS/c1-3-11(12-5-4-8-21-12)16-14(20)18-6-7-19-13(9-18)15-10(2)17-19/h4-5,8,11H,3,6-7,9H2,1-2H3,(H,16,20)/t11-/m0/s1. The summed E-state index contributed by atoms with van der Waals surface area (Å²) in [5, 5.41) is 9.47. The quantitative estimate of drug-likeness (QED) is 0.946. The number of aryl methyl sites for hydroxylation is 1. The van der Waals surface area contributed by atoms with Gasteiger partial charge in [0.2, 0.25) is 0 Å². The lowest BCUT2D eigenvalue weighted by atomic mass is 10.2. The molecule has 7 heteroatoms. The molecule has 0 saturated heterocycles. The average molecular weight is 305 g/mol. The van der Waals surface area contributed by atoms with Gasteiger partial charge in [-0.2, -0.15) is 5.10 Å². The molecule has 0 fully saturated rings. The molecule has 1 aliphatic rings. The number of nitrogens with one attached hydrogen (secondary N) is 1. The Morgan fingerprint density at radius 3 is 3.10 bits per heavy atom. The number of nitrogens with zero attached hydrogens (tertiary/aromatic N) is 4. The highest BCUT2D eigenvalue weighted by Gasteiger charge is 2.24. The molecule has 0 radical (unpaired) electrons. The Labute approximate surface area is 127 Å². The number of hydrogen-bond donors (Lipinski definition) is 1. The molecule has 0 spiro atoms. The zero-order chi connectivity index (χ0) is 14.8. The topological polar surface area (TPSA) is 63.1 Å². The maximum absolute atomic E-state index is 12.4. The molecule has 1 N–H and O–H groups in total. The van der Waals surface area contributed by atoms with Gasteiger partial charge in [-0.05, 0) is 24.8 Å². The number of thiophene rings is 1. The SMILES string of the molecule is CC[C@H](NC(=O)N1CCn2nc(C)nc2C1)c1cccs1. The van der Waals surface area contributed by atoms with E-state index in [4.69, 9.17) is 0 Å². The molecular formula is C14H19N5OS. The van der Waals surface area contributed by atoms with E-state index in [0.29, 0.717) is 19.6 Å².